The molecule has 1 saturated carbocycles. The van der Waals surface area contributed by atoms with Gasteiger partial charge < -0.3 is 16.0 Å². The van der Waals surface area contributed by atoms with Gasteiger partial charge in [0.2, 0.25) is 5.95 Å². The average molecular weight is 327 g/mol. The monoisotopic (exact) mass is 327 g/mol. The van der Waals surface area contributed by atoms with Gasteiger partial charge in [0, 0.05) is 43.0 Å². The predicted octanol–water partition coefficient (Wildman–Crippen LogP) is 2.38. The summed E-state index contributed by atoms with van der Waals surface area (Å²) in [6.07, 6.45) is 6.64. The zero-order chi connectivity index (χ0) is 16.5. The van der Waals surface area contributed by atoms with Gasteiger partial charge in [-0.05, 0) is 44.6 Å². The summed E-state index contributed by atoms with van der Waals surface area (Å²) in [5, 5.41) is 10.7. The van der Waals surface area contributed by atoms with Gasteiger partial charge in [-0.15, -0.1) is 0 Å². The van der Waals surface area contributed by atoms with Crippen LogP contribution in [0.1, 0.15) is 44.2 Å². The maximum absolute atomic E-state index is 6.08. The summed E-state index contributed by atoms with van der Waals surface area (Å²) in [4.78, 5) is 11.4. The second kappa shape index (κ2) is 6.39. The fraction of sp³-hybridized carbons (Fsp3) is 0.588. The summed E-state index contributed by atoms with van der Waals surface area (Å²) in [5.41, 5.74) is 7.29. The second-order valence-corrected chi connectivity index (χ2v) is 7.06. The lowest BCUT2D eigenvalue weighted by Crippen LogP contribution is -2.43. The highest BCUT2D eigenvalue weighted by Gasteiger charge is 2.26. The Labute approximate surface area is 142 Å². The molecule has 1 saturated heterocycles. The molecule has 2 aromatic rings. The van der Waals surface area contributed by atoms with Crippen LogP contribution >= 0.6 is 0 Å². The number of rotatable bonds is 5. The Morgan fingerprint density at radius 1 is 1.33 bits per heavy atom. The van der Waals surface area contributed by atoms with Crippen molar-refractivity contribution < 1.29 is 0 Å². The first-order valence-electron chi connectivity index (χ1n) is 8.85. The van der Waals surface area contributed by atoms with Crippen LogP contribution in [0.3, 0.4) is 0 Å². The first-order chi connectivity index (χ1) is 11.7. The second-order valence-electron chi connectivity index (χ2n) is 7.06. The van der Waals surface area contributed by atoms with Crippen LogP contribution in [0.5, 0.6) is 0 Å². The van der Waals surface area contributed by atoms with Gasteiger partial charge in [0.1, 0.15) is 5.82 Å². The van der Waals surface area contributed by atoms with Crippen molar-refractivity contribution in [2.75, 3.05) is 23.3 Å². The van der Waals surface area contributed by atoms with Gasteiger partial charge in [0.25, 0.3) is 0 Å². The smallest absolute Gasteiger partial charge is 0.227 e. The minimum Gasteiger partial charge on any atom is -0.340 e. The standard InChI is InChI=1S/C17H25N7/c1-11(18)13-3-2-8-24(10-13)17-19-7-6-15(21-17)20-16-9-14(22-23-16)12-4-5-12/h6-7,9,11-13H,2-5,8,10,18H2,1H3,(H2,19,20,21,22,23). The Morgan fingerprint density at radius 3 is 3.00 bits per heavy atom. The fourth-order valence-corrected chi connectivity index (χ4v) is 3.33. The number of aromatic nitrogens is 4. The van der Waals surface area contributed by atoms with E-state index in [4.69, 9.17) is 5.73 Å². The highest BCUT2D eigenvalue weighted by molar-refractivity contribution is 5.53. The maximum atomic E-state index is 6.08. The van der Waals surface area contributed by atoms with Crippen molar-refractivity contribution in [3.8, 4) is 0 Å². The first-order valence-corrected chi connectivity index (χ1v) is 8.85. The van der Waals surface area contributed by atoms with Crippen LogP contribution in [-0.2, 0) is 0 Å². The molecule has 1 aliphatic heterocycles. The van der Waals surface area contributed by atoms with Crippen molar-refractivity contribution in [2.45, 2.75) is 44.6 Å². The Hall–Kier alpha value is -2.15. The largest absolute Gasteiger partial charge is 0.340 e. The van der Waals surface area contributed by atoms with Crippen LogP contribution in [0.4, 0.5) is 17.6 Å². The molecule has 2 aliphatic rings. The van der Waals surface area contributed by atoms with Crippen LogP contribution in [0.2, 0.25) is 0 Å². The molecule has 4 N–H and O–H groups in total. The zero-order valence-electron chi connectivity index (χ0n) is 14.1. The van der Waals surface area contributed by atoms with E-state index in [9.17, 15) is 0 Å². The van der Waals surface area contributed by atoms with E-state index in [0.29, 0.717) is 11.8 Å². The summed E-state index contributed by atoms with van der Waals surface area (Å²) in [6.45, 7) is 4.00. The molecule has 0 amide bonds. The van der Waals surface area contributed by atoms with E-state index in [1.165, 1.54) is 25.0 Å². The molecule has 2 aromatic heterocycles. The molecule has 2 fully saturated rings. The van der Waals surface area contributed by atoms with E-state index in [1.54, 1.807) is 6.20 Å². The average Bonchev–Trinajstić information content (AvgIpc) is 3.35. The van der Waals surface area contributed by atoms with Crippen LogP contribution in [-0.4, -0.2) is 39.3 Å². The summed E-state index contributed by atoms with van der Waals surface area (Å²) in [7, 11) is 0. The molecule has 24 heavy (non-hydrogen) atoms. The summed E-state index contributed by atoms with van der Waals surface area (Å²) >= 11 is 0. The Morgan fingerprint density at radius 2 is 2.21 bits per heavy atom. The van der Waals surface area contributed by atoms with Gasteiger partial charge in [-0.25, -0.2) is 4.98 Å². The third-order valence-electron chi connectivity index (χ3n) is 5.00. The maximum Gasteiger partial charge on any atom is 0.227 e. The minimum atomic E-state index is 0.207. The van der Waals surface area contributed by atoms with Crippen molar-refractivity contribution in [3.63, 3.8) is 0 Å². The van der Waals surface area contributed by atoms with E-state index in [2.05, 4.69) is 43.4 Å². The van der Waals surface area contributed by atoms with Crippen molar-refractivity contribution in [3.05, 3.63) is 24.0 Å². The van der Waals surface area contributed by atoms with E-state index in [-0.39, 0.29) is 6.04 Å². The molecule has 0 radical (unpaired) electrons. The fourth-order valence-electron chi connectivity index (χ4n) is 3.33. The number of H-pyrrole nitrogens is 1. The summed E-state index contributed by atoms with van der Waals surface area (Å²) < 4.78 is 0. The van der Waals surface area contributed by atoms with Crippen molar-refractivity contribution >= 4 is 17.6 Å². The Kier molecular flexibility index (Phi) is 4.10. The lowest BCUT2D eigenvalue weighted by Gasteiger charge is -2.34. The van der Waals surface area contributed by atoms with Crippen LogP contribution in [0.25, 0.3) is 0 Å². The molecule has 2 atom stereocenters. The number of hydrogen-bond acceptors (Lipinski definition) is 6. The van der Waals surface area contributed by atoms with Crippen LogP contribution < -0.4 is 16.0 Å². The Bertz CT molecular complexity index is 692. The van der Waals surface area contributed by atoms with E-state index in [1.807, 2.05) is 6.07 Å². The number of aromatic amines is 1. The van der Waals surface area contributed by atoms with Crippen LogP contribution in [0.15, 0.2) is 18.3 Å². The predicted molar refractivity (Wildman–Crippen MR) is 94.5 cm³/mol. The lowest BCUT2D eigenvalue weighted by atomic mass is 9.92. The third-order valence-corrected chi connectivity index (χ3v) is 5.00. The Balaban J connectivity index is 1.46. The molecule has 128 valence electrons. The third kappa shape index (κ3) is 3.36. The van der Waals surface area contributed by atoms with E-state index in [0.717, 1.165) is 37.1 Å². The molecule has 3 heterocycles. The van der Waals surface area contributed by atoms with Gasteiger partial charge in [-0.2, -0.15) is 10.1 Å². The molecule has 4 rings (SSSR count). The van der Waals surface area contributed by atoms with E-state index < -0.39 is 0 Å². The number of anilines is 3. The number of hydrogen-bond donors (Lipinski definition) is 3. The van der Waals surface area contributed by atoms with Gasteiger partial charge >= 0.3 is 0 Å². The minimum absolute atomic E-state index is 0.207. The molecule has 0 spiro atoms. The molecule has 1 aliphatic carbocycles. The number of nitrogens with two attached hydrogens (primary N) is 1. The number of piperidine rings is 1. The van der Waals surface area contributed by atoms with Gasteiger partial charge in [0.05, 0.1) is 0 Å². The zero-order valence-corrected chi connectivity index (χ0v) is 14.1. The van der Waals surface area contributed by atoms with Crippen molar-refractivity contribution in [1.29, 1.82) is 0 Å². The van der Waals surface area contributed by atoms with Crippen LogP contribution in [0, 0.1) is 5.92 Å². The normalized spacial score (nSPS) is 22.4. The van der Waals surface area contributed by atoms with Crippen molar-refractivity contribution in [1.82, 2.24) is 20.2 Å². The highest BCUT2D eigenvalue weighted by Crippen LogP contribution is 2.39. The quantitative estimate of drug-likeness (QED) is 0.780. The van der Waals surface area contributed by atoms with Crippen molar-refractivity contribution in [2.24, 2.45) is 11.7 Å². The molecular formula is C17H25N7. The van der Waals surface area contributed by atoms with Gasteiger partial charge in [0.15, 0.2) is 5.82 Å². The first kappa shape index (κ1) is 15.4. The van der Waals surface area contributed by atoms with Gasteiger partial charge in [-0.3, -0.25) is 5.10 Å². The molecule has 2 unspecified atom stereocenters. The summed E-state index contributed by atoms with van der Waals surface area (Å²) in [5.74, 6) is 3.53. The number of nitrogens with one attached hydrogen (secondary N) is 2. The highest BCUT2D eigenvalue weighted by atomic mass is 15.3. The van der Waals surface area contributed by atoms with E-state index >= 15 is 0 Å². The molecule has 7 nitrogen and oxygen atoms in total. The number of nitrogens with zero attached hydrogens (tertiary/aromatic N) is 4. The molecule has 0 bridgehead atoms. The topological polar surface area (TPSA) is 95.8 Å². The molecular weight excluding hydrogens is 302 g/mol. The summed E-state index contributed by atoms with van der Waals surface area (Å²) in [6, 6.07) is 4.16. The van der Waals surface area contributed by atoms with Gasteiger partial charge in [-0.1, -0.05) is 0 Å². The molecule has 7 heteroatoms. The SMILES string of the molecule is CC(N)C1CCCN(c2nccc(Nc3cc(C4CC4)[nH]n3)n2)C1. The molecule has 0 aromatic carbocycles. The lowest BCUT2D eigenvalue weighted by molar-refractivity contribution is 0.362.